The second-order valence-electron chi connectivity index (χ2n) is 8.50. The summed E-state index contributed by atoms with van der Waals surface area (Å²) in [5, 5.41) is 26.3. The second kappa shape index (κ2) is 13.5. The molecule has 13 heteroatoms. The first-order valence-corrected chi connectivity index (χ1v) is 14.5. The molecule has 6 atom stereocenters. The smallest absolute Gasteiger partial charge is 0.323 e. The number of hydrogen-bond acceptors (Lipinski definition) is 10. The van der Waals surface area contributed by atoms with E-state index >= 15 is 0 Å². The molecule has 0 saturated carbocycles. The van der Waals surface area contributed by atoms with E-state index in [9.17, 15) is 19.8 Å². The third-order valence-corrected chi connectivity index (χ3v) is 8.24. The molecule has 3 rings (SSSR count). The van der Waals surface area contributed by atoms with Crippen molar-refractivity contribution in [3.63, 3.8) is 0 Å². The van der Waals surface area contributed by atoms with E-state index in [2.05, 4.69) is 10.4 Å². The minimum absolute atomic E-state index is 0.114. The van der Waals surface area contributed by atoms with Gasteiger partial charge in [0, 0.05) is 18.2 Å². The summed E-state index contributed by atoms with van der Waals surface area (Å²) in [5.41, 5.74) is 0. The SMILES string of the molecule is CCCCOC(=O)[C@@H](C)NP(=S)(OC[C@H]1O[C@@H](N2C=CC(=O)NC2)[C@H](O)[C@@H]1CO)Oc1ccccc1. The number of para-hydroxylation sites is 1. The Hall–Kier alpha value is -2.05. The van der Waals surface area contributed by atoms with Crippen molar-refractivity contribution in [2.45, 2.75) is 51.2 Å². The Bertz CT molecular complexity index is 953. The van der Waals surface area contributed by atoms with Crippen molar-refractivity contribution in [3.8, 4) is 5.75 Å². The van der Waals surface area contributed by atoms with Gasteiger partial charge in [0.25, 0.3) is 0 Å². The van der Waals surface area contributed by atoms with Gasteiger partial charge in [-0.15, -0.1) is 0 Å². The van der Waals surface area contributed by atoms with Gasteiger partial charge >= 0.3 is 12.6 Å². The first-order valence-electron chi connectivity index (χ1n) is 11.9. The Balaban J connectivity index is 1.70. The number of nitrogens with zero attached hydrogens (tertiary/aromatic N) is 1. The number of aliphatic hydroxyl groups excluding tert-OH is 2. The van der Waals surface area contributed by atoms with Crippen LogP contribution in [0.25, 0.3) is 0 Å². The van der Waals surface area contributed by atoms with Crippen molar-refractivity contribution in [2.24, 2.45) is 5.92 Å². The highest BCUT2D eigenvalue weighted by Crippen LogP contribution is 2.46. The summed E-state index contributed by atoms with van der Waals surface area (Å²) in [5.74, 6) is -0.933. The Labute approximate surface area is 216 Å². The van der Waals surface area contributed by atoms with Crippen LogP contribution in [0, 0.1) is 5.92 Å². The van der Waals surface area contributed by atoms with Gasteiger partial charge in [-0.3, -0.25) is 9.59 Å². The van der Waals surface area contributed by atoms with Crippen LogP contribution in [0.1, 0.15) is 26.7 Å². The number of esters is 1. The summed E-state index contributed by atoms with van der Waals surface area (Å²) in [6.45, 7) is 0.303. The molecule has 4 N–H and O–H groups in total. The lowest BCUT2D eigenvalue weighted by molar-refractivity contribution is -0.145. The van der Waals surface area contributed by atoms with Crippen LogP contribution < -0.4 is 14.9 Å². The van der Waals surface area contributed by atoms with Gasteiger partial charge in [-0.25, -0.2) is 5.09 Å². The summed E-state index contributed by atoms with van der Waals surface area (Å²) >= 11 is 5.72. The zero-order valence-electron chi connectivity index (χ0n) is 20.3. The molecule has 11 nitrogen and oxygen atoms in total. The summed E-state index contributed by atoms with van der Waals surface area (Å²) in [4.78, 5) is 25.5. The average Bonchev–Trinajstić information content (AvgIpc) is 3.19. The highest BCUT2D eigenvalue weighted by atomic mass is 32.5. The molecule has 2 aliphatic rings. The summed E-state index contributed by atoms with van der Waals surface area (Å²) in [7, 11) is 0. The molecule has 1 aromatic carbocycles. The van der Waals surface area contributed by atoms with Gasteiger partial charge in [0.2, 0.25) is 5.91 Å². The van der Waals surface area contributed by atoms with E-state index in [1.807, 2.05) is 13.0 Å². The molecule has 1 saturated heterocycles. The highest BCUT2D eigenvalue weighted by molar-refractivity contribution is 8.09. The van der Waals surface area contributed by atoms with E-state index in [1.54, 1.807) is 36.1 Å². The van der Waals surface area contributed by atoms with Crippen molar-refractivity contribution in [1.82, 2.24) is 15.3 Å². The molecule has 0 spiro atoms. The molecule has 2 aliphatic heterocycles. The predicted molar refractivity (Wildman–Crippen MR) is 135 cm³/mol. The van der Waals surface area contributed by atoms with Crippen molar-refractivity contribution in [2.75, 3.05) is 26.5 Å². The number of hydrogen-bond donors (Lipinski definition) is 4. The number of rotatable bonds is 13. The first-order chi connectivity index (χ1) is 17.3. The summed E-state index contributed by atoms with van der Waals surface area (Å²) in [6.07, 6.45) is 1.93. The molecule has 36 heavy (non-hydrogen) atoms. The third kappa shape index (κ3) is 7.72. The third-order valence-electron chi connectivity index (χ3n) is 5.74. The van der Waals surface area contributed by atoms with Crippen LogP contribution in [0.4, 0.5) is 0 Å². The Morgan fingerprint density at radius 1 is 1.39 bits per heavy atom. The molecular formula is C23H34N3O8PS. The minimum Gasteiger partial charge on any atom is -0.465 e. The molecule has 1 unspecified atom stereocenters. The molecule has 0 bridgehead atoms. The van der Waals surface area contributed by atoms with Gasteiger partial charge in [-0.1, -0.05) is 31.5 Å². The fourth-order valence-corrected chi connectivity index (χ4v) is 6.10. The predicted octanol–water partition coefficient (Wildman–Crippen LogP) is 1.23. The molecule has 1 amide bonds. The number of carbonyl (C=O) groups is 2. The largest absolute Gasteiger partial charge is 0.465 e. The lowest BCUT2D eigenvalue weighted by Crippen LogP contribution is -2.47. The number of amides is 1. The Morgan fingerprint density at radius 3 is 2.78 bits per heavy atom. The van der Waals surface area contributed by atoms with Crippen molar-refractivity contribution < 1.29 is 38.3 Å². The summed E-state index contributed by atoms with van der Waals surface area (Å²) < 4.78 is 23.3. The van der Waals surface area contributed by atoms with E-state index in [0.717, 1.165) is 12.8 Å². The van der Waals surface area contributed by atoms with Crippen molar-refractivity contribution in [3.05, 3.63) is 42.6 Å². The van der Waals surface area contributed by atoms with E-state index in [-0.39, 0.29) is 25.8 Å². The van der Waals surface area contributed by atoms with Gasteiger partial charge in [-0.05, 0) is 37.3 Å². The molecular weight excluding hydrogens is 509 g/mol. The molecule has 1 aromatic rings. The van der Waals surface area contributed by atoms with E-state index in [0.29, 0.717) is 12.4 Å². The van der Waals surface area contributed by atoms with Gasteiger partial charge in [0.15, 0.2) is 6.23 Å². The lowest BCUT2D eigenvalue weighted by Gasteiger charge is -2.31. The number of carbonyl (C=O) groups excluding carboxylic acids is 2. The van der Waals surface area contributed by atoms with Gasteiger partial charge in [0.05, 0.1) is 32.6 Å². The van der Waals surface area contributed by atoms with Gasteiger partial charge in [-0.2, -0.15) is 0 Å². The van der Waals surface area contributed by atoms with Crippen LogP contribution in [0.5, 0.6) is 5.75 Å². The van der Waals surface area contributed by atoms with E-state index < -0.39 is 43.0 Å². The molecule has 0 aliphatic carbocycles. The maximum absolute atomic E-state index is 12.4. The van der Waals surface area contributed by atoms with Crippen molar-refractivity contribution in [1.29, 1.82) is 0 Å². The maximum atomic E-state index is 12.4. The number of unbranched alkanes of at least 4 members (excludes halogenated alkanes) is 1. The Kier molecular flexibility index (Phi) is 10.7. The maximum Gasteiger partial charge on any atom is 0.323 e. The fourth-order valence-electron chi connectivity index (χ4n) is 3.69. The average molecular weight is 544 g/mol. The molecule has 0 aromatic heterocycles. The zero-order chi connectivity index (χ0) is 26.1. The van der Waals surface area contributed by atoms with Crippen molar-refractivity contribution >= 4 is 30.3 Å². The zero-order valence-corrected chi connectivity index (χ0v) is 22.0. The standard InChI is InChI=1S/C23H34N3O8PS/c1-3-4-12-31-23(30)16(2)25-35(36,34-17-8-6-5-7-9-17)32-14-19-18(13-27)21(29)22(33-19)26-11-10-20(28)24-15-26/h5-11,16,18-19,21-22,27,29H,3-4,12-15H2,1-2H3,(H,24,28)(H,25,36)/t16-,18-,19-,21-,22-,35?/m1/s1. The van der Waals surface area contributed by atoms with Gasteiger partial charge < -0.3 is 39.0 Å². The second-order valence-corrected chi connectivity index (χ2v) is 11.6. The Morgan fingerprint density at radius 2 is 2.14 bits per heavy atom. The normalized spacial score (nSPS) is 26.2. The molecule has 1 fully saturated rings. The fraction of sp³-hybridized carbons (Fsp3) is 0.565. The van der Waals surface area contributed by atoms with Crippen LogP contribution in [0.3, 0.4) is 0 Å². The number of benzene rings is 1. The molecule has 2 heterocycles. The van der Waals surface area contributed by atoms with E-state index in [1.165, 1.54) is 12.3 Å². The number of aliphatic hydroxyl groups is 2. The van der Waals surface area contributed by atoms with Crippen LogP contribution in [-0.4, -0.2) is 78.0 Å². The van der Waals surface area contributed by atoms with E-state index in [4.69, 9.17) is 30.3 Å². The first kappa shape index (κ1) is 28.5. The van der Waals surface area contributed by atoms with Crippen LogP contribution in [-0.2, 0) is 35.4 Å². The number of ether oxygens (including phenoxy) is 2. The monoisotopic (exact) mass is 543 g/mol. The highest BCUT2D eigenvalue weighted by Gasteiger charge is 2.46. The topological polar surface area (TPSA) is 139 Å². The summed E-state index contributed by atoms with van der Waals surface area (Å²) in [6, 6.07) is 8.03. The quantitative estimate of drug-likeness (QED) is 0.162. The van der Waals surface area contributed by atoms with Crippen LogP contribution in [0.2, 0.25) is 0 Å². The van der Waals surface area contributed by atoms with Crippen LogP contribution in [0.15, 0.2) is 42.6 Å². The minimum atomic E-state index is -3.31. The molecule has 200 valence electrons. The van der Waals surface area contributed by atoms with Crippen LogP contribution >= 0.6 is 6.64 Å². The number of nitrogens with one attached hydrogen (secondary N) is 2. The lowest BCUT2D eigenvalue weighted by atomic mass is 9.99. The van der Waals surface area contributed by atoms with Gasteiger partial charge in [0.1, 0.15) is 17.9 Å². The molecule has 0 radical (unpaired) electrons.